The van der Waals surface area contributed by atoms with E-state index in [1.54, 1.807) is 0 Å². The number of hydrogen-bond donors (Lipinski definition) is 1. The van der Waals surface area contributed by atoms with Crippen molar-refractivity contribution in [3.63, 3.8) is 0 Å². The third-order valence-electron chi connectivity index (χ3n) is 5.99. The van der Waals surface area contributed by atoms with E-state index >= 15 is 0 Å². The van der Waals surface area contributed by atoms with Crippen molar-refractivity contribution in [3.8, 4) is 0 Å². The molecule has 5 nitrogen and oxygen atoms in total. The first kappa shape index (κ1) is 17.5. The van der Waals surface area contributed by atoms with Crippen molar-refractivity contribution in [2.24, 2.45) is 5.41 Å². The predicted octanol–water partition coefficient (Wildman–Crippen LogP) is 3.45. The number of fused-ring (bicyclic) bond motifs is 2. The first-order valence-corrected chi connectivity index (χ1v) is 9.60. The van der Waals surface area contributed by atoms with Gasteiger partial charge in [0.05, 0.1) is 12.0 Å². The van der Waals surface area contributed by atoms with Crippen molar-refractivity contribution >= 4 is 5.97 Å². The highest BCUT2D eigenvalue weighted by atomic mass is 16.5. The van der Waals surface area contributed by atoms with Gasteiger partial charge in [-0.2, -0.15) is 0 Å². The van der Waals surface area contributed by atoms with Crippen LogP contribution >= 0.6 is 0 Å². The van der Waals surface area contributed by atoms with Crippen molar-refractivity contribution in [3.05, 3.63) is 17.7 Å². The van der Waals surface area contributed by atoms with Crippen LogP contribution in [0.1, 0.15) is 70.8 Å². The van der Waals surface area contributed by atoms with E-state index in [4.69, 9.17) is 4.74 Å². The number of aromatic amines is 1. The molecule has 0 radical (unpaired) electrons. The summed E-state index contributed by atoms with van der Waals surface area (Å²) in [5.41, 5.74) is 0.873. The van der Waals surface area contributed by atoms with Crippen molar-refractivity contribution in [2.75, 3.05) is 6.61 Å². The molecule has 0 saturated carbocycles. The monoisotopic (exact) mass is 333 g/mol. The number of carbonyl (C=O) groups excluding carboxylic acids is 1. The van der Waals surface area contributed by atoms with Crippen LogP contribution < -0.4 is 0 Å². The van der Waals surface area contributed by atoms with Crippen LogP contribution in [-0.2, 0) is 22.5 Å². The topological polar surface area (TPSA) is 58.2 Å². The highest BCUT2D eigenvalue weighted by Crippen LogP contribution is 2.52. The number of nitrogens with one attached hydrogen (secondary N) is 1. The van der Waals surface area contributed by atoms with Crippen molar-refractivity contribution < 1.29 is 9.53 Å². The van der Waals surface area contributed by atoms with Gasteiger partial charge in [0.15, 0.2) is 0 Å². The number of unbranched alkanes of at least 4 members (excludes halogenated alkanes) is 1. The van der Waals surface area contributed by atoms with E-state index in [-0.39, 0.29) is 11.4 Å². The van der Waals surface area contributed by atoms with E-state index < -0.39 is 0 Å². The minimum Gasteiger partial charge on any atom is -0.466 e. The number of aryl methyl sites for hydroxylation is 1. The van der Waals surface area contributed by atoms with Crippen LogP contribution in [-0.4, -0.2) is 39.5 Å². The van der Waals surface area contributed by atoms with E-state index in [1.807, 2.05) is 13.1 Å². The normalized spacial score (nSPS) is 29.3. The van der Waals surface area contributed by atoms with Crippen LogP contribution in [0.5, 0.6) is 0 Å². The minimum atomic E-state index is -0.302. The standard InChI is InChI=1S/C19H31N3O2/c1-4-7-8-17-20-12-14(21-17)13-22-15-9-10-16(22)19(5-2,11-15)18(23)24-6-3/h12,15-16H,4-11,13H2,1-3H3,(H,20,21)/t15-,16+,19+/m0/s1. The van der Waals surface area contributed by atoms with E-state index in [1.165, 1.54) is 25.0 Å². The number of esters is 1. The Hall–Kier alpha value is -1.36. The first-order chi connectivity index (χ1) is 11.6. The van der Waals surface area contributed by atoms with Gasteiger partial charge in [0.2, 0.25) is 0 Å². The number of carbonyl (C=O) groups is 1. The average Bonchev–Trinajstić information content (AvgIpc) is 3.28. The molecule has 0 amide bonds. The number of ether oxygens (including phenoxy) is 1. The third kappa shape index (κ3) is 2.99. The van der Waals surface area contributed by atoms with Crippen molar-refractivity contribution in [1.29, 1.82) is 0 Å². The lowest BCUT2D eigenvalue weighted by Gasteiger charge is -2.34. The number of aromatic nitrogens is 2. The molecule has 134 valence electrons. The van der Waals surface area contributed by atoms with Crippen LogP contribution in [0.4, 0.5) is 0 Å². The predicted molar refractivity (Wildman–Crippen MR) is 93.5 cm³/mol. The number of hydrogen-bond acceptors (Lipinski definition) is 4. The van der Waals surface area contributed by atoms with Crippen LogP contribution in [0.2, 0.25) is 0 Å². The van der Waals surface area contributed by atoms with Gasteiger partial charge in [0.1, 0.15) is 5.82 Å². The lowest BCUT2D eigenvalue weighted by Crippen LogP contribution is -2.44. The Morgan fingerprint density at radius 1 is 1.42 bits per heavy atom. The summed E-state index contributed by atoms with van der Waals surface area (Å²) in [6.07, 6.45) is 9.47. The Bertz CT molecular complexity index is 571. The Morgan fingerprint density at radius 2 is 2.25 bits per heavy atom. The van der Waals surface area contributed by atoms with Crippen LogP contribution in [0.15, 0.2) is 6.20 Å². The summed E-state index contributed by atoms with van der Waals surface area (Å²) in [7, 11) is 0. The fourth-order valence-corrected chi connectivity index (χ4v) is 4.72. The molecule has 3 rings (SSSR count). The van der Waals surface area contributed by atoms with Gasteiger partial charge in [-0.3, -0.25) is 9.69 Å². The first-order valence-electron chi connectivity index (χ1n) is 9.60. The molecule has 2 fully saturated rings. The fourth-order valence-electron chi connectivity index (χ4n) is 4.72. The quantitative estimate of drug-likeness (QED) is 0.740. The summed E-state index contributed by atoms with van der Waals surface area (Å²) in [5, 5.41) is 0. The zero-order chi connectivity index (χ0) is 17.2. The molecule has 3 atom stereocenters. The molecule has 0 aliphatic carbocycles. The van der Waals surface area contributed by atoms with Gasteiger partial charge in [-0.25, -0.2) is 4.98 Å². The highest BCUT2D eigenvalue weighted by molar-refractivity contribution is 5.78. The van der Waals surface area contributed by atoms with Crippen molar-refractivity contribution in [1.82, 2.24) is 14.9 Å². The van der Waals surface area contributed by atoms with Crippen LogP contribution in [0.3, 0.4) is 0 Å². The molecule has 0 spiro atoms. The molecule has 2 bridgehead atoms. The van der Waals surface area contributed by atoms with Gasteiger partial charge in [-0.15, -0.1) is 0 Å². The van der Waals surface area contributed by atoms with Crippen molar-refractivity contribution in [2.45, 2.75) is 84.3 Å². The van der Waals surface area contributed by atoms with E-state index in [0.717, 1.165) is 38.1 Å². The Labute approximate surface area is 145 Å². The number of imidazole rings is 1. The molecule has 2 saturated heterocycles. The lowest BCUT2D eigenvalue weighted by atomic mass is 9.72. The van der Waals surface area contributed by atoms with Gasteiger partial charge in [0, 0.05) is 36.9 Å². The Kier molecular flexibility index (Phi) is 5.28. The van der Waals surface area contributed by atoms with Gasteiger partial charge in [-0.1, -0.05) is 20.3 Å². The highest BCUT2D eigenvalue weighted by Gasteiger charge is 2.59. The van der Waals surface area contributed by atoms with Crippen LogP contribution in [0, 0.1) is 5.41 Å². The number of H-pyrrole nitrogens is 1. The SMILES string of the molecule is CCCCc1ncc(CN2[C@H]3CC[C@@H]2[C@](CC)(C(=O)OCC)C3)[nH]1. The van der Waals surface area contributed by atoms with E-state index in [9.17, 15) is 4.79 Å². The van der Waals surface area contributed by atoms with Gasteiger partial charge in [0.25, 0.3) is 0 Å². The molecule has 5 heteroatoms. The Balaban J connectivity index is 1.71. The maximum absolute atomic E-state index is 12.6. The van der Waals surface area contributed by atoms with Gasteiger partial charge >= 0.3 is 5.97 Å². The second kappa shape index (κ2) is 7.26. The zero-order valence-corrected chi connectivity index (χ0v) is 15.3. The molecule has 2 aliphatic heterocycles. The minimum absolute atomic E-state index is 0.0120. The van der Waals surface area contributed by atoms with E-state index in [0.29, 0.717) is 18.7 Å². The molecular formula is C19H31N3O2. The fraction of sp³-hybridized carbons (Fsp3) is 0.789. The average molecular weight is 333 g/mol. The molecule has 1 aromatic heterocycles. The Morgan fingerprint density at radius 3 is 2.96 bits per heavy atom. The van der Waals surface area contributed by atoms with Gasteiger partial charge < -0.3 is 9.72 Å². The summed E-state index contributed by atoms with van der Waals surface area (Å²) in [5.74, 6) is 1.10. The zero-order valence-electron chi connectivity index (χ0n) is 15.3. The summed E-state index contributed by atoms with van der Waals surface area (Å²) in [6, 6.07) is 0.815. The largest absolute Gasteiger partial charge is 0.466 e. The molecule has 0 aromatic carbocycles. The second-order valence-corrected chi connectivity index (χ2v) is 7.31. The summed E-state index contributed by atoms with van der Waals surface area (Å²) >= 11 is 0. The maximum Gasteiger partial charge on any atom is 0.313 e. The maximum atomic E-state index is 12.6. The van der Waals surface area contributed by atoms with Crippen LogP contribution in [0.25, 0.3) is 0 Å². The molecular weight excluding hydrogens is 302 g/mol. The number of nitrogens with zero attached hydrogens (tertiary/aromatic N) is 2. The molecule has 1 aromatic rings. The molecule has 2 aliphatic rings. The lowest BCUT2D eigenvalue weighted by molar-refractivity contribution is -0.157. The third-order valence-corrected chi connectivity index (χ3v) is 5.99. The summed E-state index contributed by atoms with van der Waals surface area (Å²) < 4.78 is 5.43. The van der Waals surface area contributed by atoms with E-state index in [2.05, 4.69) is 28.7 Å². The summed E-state index contributed by atoms with van der Waals surface area (Å²) in [4.78, 5) is 23.2. The smallest absolute Gasteiger partial charge is 0.313 e. The molecule has 24 heavy (non-hydrogen) atoms. The second-order valence-electron chi connectivity index (χ2n) is 7.31. The summed E-state index contributed by atoms with van der Waals surface area (Å²) in [6.45, 7) is 7.57. The number of rotatable bonds is 8. The molecule has 0 unspecified atom stereocenters. The van der Waals surface area contributed by atoms with Gasteiger partial charge in [-0.05, 0) is 39.0 Å². The molecule has 1 N–H and O–H groups in total. The molecule has 3 heterocycles.